The normalized spacial score (nSPS) is 10.3. The van der Waals surface area contributed by atoms with E-state index in [1.807, 2.05) is 0 Å². The summed E-state index contributed by atoms with van der Waals surface area (Å²) in [6.45, 7) is 2.79. The fraction of sp³-hybridized carbons (Fsp3) is 0.500. The van der Waals surface area contributed by atoms with Crippen LogP contribution in [0.5, 0.6) is 0 Å². The summed E-state index contributed by atoms with van der Waals surface area (Å²) in [6.07, 6.45) is 1.45. The van der Waals surface area contributed by atoms with Gasteiger partial charge in [0.25, 0.3) is 5.91 Å². The van der Waals surface area contributed by atoms with E-state index in [0.29, 0.717) is 30.4 Å². The molecular weight excluding hydrogens is 237 g/mol. The number of hydrogen-bond acceptors (Lipinski definition) is 2. The summed E-state index contributed by atoms with van der Waals surface area (Å²) in [5.74, 6) is 1.43. The molecule has 0 aromatic carbocycles. The third-order valence-corrected chi connectivity index (χ3v) is 2.31. The molecular formula is C10H13Cl2NO2. The second kappa shape index (κ2) is 6.03. The lowest BCUT2D eigenvalue weighted by molar-refractivity contribution is 0.0774. The molecule has 5 heteroatoms. The predicted molar refractivity (Wildman–Crippen MR) is 60.8 cm³/mol. The lowest BCUT2D eigenvalue weighted by Gasteiger charge is -2.19. The van der Waals surface area contributed by atoms with Crippen LogP contribution in [-0.2, 0) is 0 Å². The van der Waals surface area contributed by atoms with E-state index in [1.54, 1.807) is 17.9 Å². The van der Waals surface area contributed by atoms with Crippen molar-refractivity contribution < 1.29 is 9.21 Å². The standard InChI is InChI=1S/C10H13Cl2NO2/c1-8-6-9(7-15-8)10(14)13(4-2-11)5-3-12/h6-7H,2-5H2,1H3. The molecule has 0 aliphatic rings. The van der Waals surface area contributed by atoms with Crippen molar-refractivity contribution in [3.05, 3.63) is 23.7 Å². The summed E-state index contributed by atoms with van der Waals surface area (Å²) < 4.78 is 5.08. The number of amides is 1. The van der Waals surface area contributed by atoms with E-state index in [-0.39, 0.29) is 5.91 Å². The van der Waals surface area contributed by atoms with Gasteiger partial charge < -0.3 is 9.32 Å². The number of halogens is 2. The van der Waals surface area contributed by atoms with Gasteiger partial charge in [-0.3, -0.25) is 4.79 Å². The van der Waals surface area contributed by atoms with Crippen molar-refractivity contribution in [2.45, 2.75) is 6.92 Å². The average Bonchev–Trinajstić information content (AvgIpc) is 2.63. The molecule has 1 aromatic heterocycles. The quantitative estimate of drug-likeness (QED) is 0.752. The number of rotatable bonds is 5. The first kappa shape index (κ1) is 12.4. The van der Waals surface area contributed by atoms with Crippen molar-refractivity contribution in [2.75, 3.05) is 24.8 Å². The van der Waals surface area contributed by atoms with E-state index in [1.165, 1.54) is 6.26 Å². The molecule has 0 aliphatic heterocycles. The maximum Gasteiger partial charge on any atom is 0.257 e. The number of aryl methyl sites for hydroxylation is 1. The third kappa shape index (κ3) is 3.43. The number of carbonyl (C=O) groups is 1. The van der Waals surface area contributed by atoms with Crippen LogP contribution < -0.4 is 0 Å². The van der Waals surface area contributed by atoms with Crippen LogP contribution in [-0.4, -0.2) is 35.7 Å². The lowest BCUT2D eigenvalue weighted by Crippen LogP contribution is -2.34. The first-order valence-corrected chi connectivity index (χ1v) is 5.72. The van der Waals surface area contributed by atoms with Crippen LogP contribution in [0.2, 0.25) is 0 Å². The predicted octanol–water partition coefficient (Wildman–Crippen LogP) is 2.51. The molecule has 0 saturated carbocycles. The van der Waals surface area contributed by atoms with Crippen LogP contribution in [0.25, 0.3) is 0 Å². The SMILES string of the molecule is Cc1cc(C(=O)N(CCCl)CCCl)co1. The first-order valence-electron chi connectivity index (χ1n) is 4.65. The second-order valence-corrected chi connectivity index (χ2v) is 3.87. The van der Waals surface area contributed by atoms with Crippen LogP contribution in [0.15, 0.2) is 16.7 Å². The smallest absolute Gasteiger partial charge is 0.257 e. The highest BCUT2D eigenvalue weighted by Gasteiger charge is 2.16. The van der Waals surface area contributed by atoms with Gasteiger partial charge >= 0.3 is 0 Å². The van der Waals surface area contributed by atoms with Gasteiger partial charge in [-0.25, -0.2) is 0 Å². The van der Waals surface area contributed by atoms with Crippen molar-refractivity contribution >= 4 is 29.1 Å². The molecule has 15 heavy (non-hydrogen) atoms. The first-order chi connectivity index (χ1) is 7.19. The maximum atomic E-state index is 11.9. The Labute approximate surface area is 98.9 Å². The van der Waals surface area contributed by atoms with Crippen LogP contribution >= 0.6 is 23.2 Å². The van der Waals surface area contributed by atoms with Crippen LogP contribution in [0.4, 0.5) is 0 Å². The highest BCUT2D eigenvalue weighted by Crippen LogP contribution is 2.10. The molecule has 3 nitrogen and oxygen atoms in total. The minimum Gasteiger partial charge on any atom is -0.469 e. The Kier molecular flexibility index (Phi) is 4.99. The van der Waals surface area contributed by atoms with Crippen molar-refractivity contribution in [1.82, 2.24) is 4.90 Å². The molecule has 1 amide bonds. The summed E-state index contributed by atoms with van der Waals surface area (Å²) in [7, 11) is 0. The van der Waals surface area contributed by atoms with Crippen molar-refractivity contribution in [1.29, 1.82) is 0 Å². The van der Waals surface area contributed by atoms with Crippen LogP contribution in [0, 0.1) is 6.92 Å². The van der Waals surface area contributed by atoms with Crippen LogP contribution in [0.1, 0.15) is 16.1 Å². The van der Waals surface area contributed by atoms with Gasteiger partial charge in [0.15, 0.2) is 0 Å². The zero-order valence-corrected chi connectivity index (χ0v) is 10.0. The zero-order chi connectivity index (χ0) is 11.3. The Bertz CT molecular complexity index is 319. The monoisotopic (exact) mass is 249 g/mol. The molecule has 84 valence electrons. The fourth-order valence-corrected chi connectivity index (χ4v) is 1.67. The highest BCUT2D eigenvalue weighted by atomic mass is 35.5. The van der Waals surface area contributed by atoms with Crippen molar-refractivity contribution in [2.24, 2.45) is 0 Å². The molecule has 1 rings (SSSR count). The van der Waals surface area contributed by atoms with E-state index < -0.39 is 0 Å². The molecule has 0 radical (unpaired) electrons. The minimum atomic E-state index is -0.0897. The Morgan fingerprint density at radius 2 is 2.00 bits per heavy atom. The largest absolute Gasteiger partial charge is 0.469 e. The van der Waals surface area contributed by atoms with Crippen LogP contribution in [0.3, 0.4) is 0 Å². The fourth-order valence-electron chi connectivity index (χ4n) is 1.26. The van der Waals surface area contributed by atoms with Gasteiger partial charge in [0, 0.05) is 24.8 Å². The Hall–Kier alpha value is -0.670. The van der Waals surface area contributed by atoms with E-state index in [9.17, 15) is 4.79 Å². The number of furan rings is 1. The number of alkyl halides is 2. The summed E-state index contributed by atoms with van der Waals surface area (Å²) in [6, 6.07) is 1.71. The molecule has 0 unspecified atom stereocenters. The molecule has 0 spiro atoms. The van der Waals surface area contributed by atoms with Gasteiger partial charge in [0.05, 0.1) is 5.56 Å². The molecule has 1 aromatic rings. The average molecular weight is 250 g/mol. The molecule has 0 N–H and O–H groups in total. The Balaban J connectivity index is 2.71. The summed E-state index contributed by atoms with van der Waals surface area (Å²) in [4.78, 5) is 13.5. The van der Waals surface area contributed by atoms with Gasteiger partial charge in [-0.05, 0) is 13.0 Å². The molecule has 0 aliphatic carbocycles. The molecule has 0 saturated heterocycles. The highest BCUT2D eigenvalue weighted by molar-refractivity contribution is 6.18. The summed E-state index contributed by atoms with van der Waals surface area (Å²) >= 11 is 11.2. The number of hydrogen-bond donors (Lipinski definition) is 0. The Morgan fingerprint density at radius 3 is 2.40 bits per heavy atom. The number of carbonyl (C=O) groups excluding carboxylic acids is 1. The van der Waals surface area contributed by atoms with E-state index >= 15 is 0 Å². The van der Waals surface area contributed by atoms with Gasteiger partial charge in [0.1, 0.15) is 12.0 Å². The van der Waals surface area contributed by atoms with Gasteiger partial charge in [-0.2, -0.15) is 0 Å². The van der Waals surface area contributed by atoms with E-state index in [4.69, 9.17) is 27.6 Å². The van der Waals surface area contributed by atoms with Gasteiger partial charge in [-0.15, -0.1) is 23.2 Å². The van der Waals surface area contributed by atoms with E-state index in [2.05, 4.69) is 0 Å². The van der Waals surface area contributed by atoms with Crippen molar-refractivity contribution in [3.63, 3.8) is 0 Å². The third-order valence-electron chi connectivity index (χ3n) is 1.97. The maximum absolute atomic E-state index is 11.9. The topological polar surface area (TPSA) is 33.5 Å². The lowest BCUT2D eigenvalue weighted by atomic mass is 10.2. The Morgan fingerprint density at radius 1 is 1.40 bits per heavy atom. The zero-order valence-electron chi connectivity index (χ0n) is 8.50. The van der Waals surface area contributed by atoms with Crippen molar-refractivity contribution in [3.8, 4) is 0 Å². The summed E-state index contributed by atoms with van der Waals surface area (Å²) in [5, 5.41) is 0. The molecule has 0 fully saturated rings. The second-order valence-electron chi connectivity index (χ2n) is 3.12. The van der Waals surface area contributed by atoms with Gasteiger partial charge in [0.2, 0.25) is 0 Å². The van der Waals surface area contributed by atoms with E-state index in [0.717, 1.165) is 5.76 Å². The van der Waals surface area contributed by atoms with Gasteiger partial charge in [-0.1, -0.05) is 0 Å². The molecule has 1 heterocycles. The summed E-state index contributed by atoms with van der Waals surface area (Å²) in [5.41, 5.74) is 0.544. The molecule has 0 atom stereocenters. The molecule has 0 bridgehead atoms. The minimum absolute atomic E-state index is 0.0897. The number of nitrogens with zero attached hydrogens (tertiary/aromatic N) is 1.